The van der Waals surface area contributed by atoms with Crippen molar-refractivity contribution in [2.24, 2.45) is 0 Å². The number of nitrogens with one attached hydrogen (secondary N) is 1. The molecule has 110 valence electrons. The molecule has 0 atom stereocenters. The van der Waals surface area contributed by atoms with Gasteiger partial charge in [0.1, 0.15) is 0 Å². The fraction of sp³-hybridized carbons (Fsp3) is 0.222. The van der Waals surface area contributed by atoms with Crippen LogP contribution in [0.25, 0.3) is 0 Å². The standard InChI is InChI=1S/C18H16N2O2/c1-11-5-6-13-10-20(18(22)15(13)7-11)9-12-3-2-4-14-16(12)8-19-17(14)21/h2-7H,8-10H2,1H3,(H,19,21). The minimum atomic E-state index is -0.0245. The summed E-state index contributed by atoms with van der Waals surface area (Å²) in [6, 6.07) is 11.8. The molecule has 0 fully saturated rings. The van der Waals surface area contributed by atoms with Crippen molar-refractivity contribution in [3.05, 3.63) is 69.8 Å². The van der Waals surface area contributed by atoms with Crippen LogP contribution in [-0.4, -0.2) is 16.7 Å². The number of hydrogen-bond donors (Lipinski definition) is 1. The molecule has 4 rings (SSSR count). The van der Waals surface area contributed by atoms with Gasteiger partial charge in [0, 0.05) is 30.8 Å². The number of aryl methyl sites for hydroxylation is 1. The van der Waals surface area contributed by atoms with Gasteiger partial charge in [-0.2, -0.15) is 0 Å². The van der Waals surface area contributed by atoms with Crippen LogP contribution in [0.4, 0.5) is 0 Å². The zero-order valence-electron chi connectivity index (χ0n) is 12.3. The van der Waals surface area contributed by atoms with Crippen molar-refractivity contribution in [3.63, 3.8) is 0 Å². The Bertz CT molecular complexity index is 811. The smallest absolute Gasteiger partial charge is 0.254 e. The van der Waals surface area contributed by atoms with E-state index in [1.54, 1.807) is 0 Å². The quantitative estimate of drug-likeness (QED) is 0.924. The van der Waals surface area contributed by atoms with Crippen LogP contribution >= 0.6 is 0 Å². The summed E-state index contributed by atoms with van der Waals surface area (Å²) in [5.74, 6) is 0.0529. The summed E-state index contributed by atoms with van der Waals surface area (Å²) >= 11 is 0. The molecule has 4 heteroatoms. The van der Waals surface area contributed by atoms with Crippen LogP contribution in [0.2, 0.25) is 0 Å². The monoisotopic (exact) mass is 292 g/mol. The number of carbonyl (C=O) groups is 2. The van der Waals surface area contributed by atoms with Crippen LogP contribution in [-0.2, 0) is 19.6 Å². The van der Waals surface area contributed by atoms with Crippen LogP contribution in [0.15, 0.2) is 36.4 Å². The first kappa shape index (κ1) is 13.1. The van der Waals surface area contributed by atoms with Crippen molar-refractivity contribution in [2.75, 3.05) is 0 Å². The number of carbonyl (C=O) groups excluding carboxylic acids is 2. The van der Waals surface area contributed by atoms with Gasteiger partial charge in [-0.1, -0.05) is 29.8 Å². The second-order valence-corrected chi connectivity index (χ2v) is 5.95. The summed E-state index contributed by atoms with van der Waals surface area (Å²) in [5, 5.41) is 2.84. The van der Waals surface area contributed by atoms with Crippen molar-refractivity contribution in [1.29, 1.82) is 0 Å². The second-order valence-electron chi connectivity index (χ2n) is 5.95. The van der Waals surface area contributed by atoms with E-state index < -0.39 is 0 Å². The van der Waals surface area contributed by atoms with Gasteiger partial charge >= 0.3 is 0 Å². The van der Waals surface area contributed by atoms with Gasteiger partial charge in [0.15, 0.2) is 0 Å². The summed E-state index contributed by atoms with van der Waals surface area (Å²) in [7, 11) is 0. The number of benzene rings is 2. The molecule has 0 saturated carbocycles. The van der Waals surface area contributed by atoms with Crippen molar-refractivity contribution in [3.8, 4) is 0 Å². The zero-order chi connectivity index (χ0) is 15.3. The number of rotatable bonds is 2. The lowest BCUT2D eigenvalue weighted by molar-refractivity contribution is 0.0766. The SMILES string of the molecule is Cc1ccc2c(c1)C(=O)N(Cc1cccc3c1CNC3=O)C2. The van der Waals surface area contributed by atoms with Gasteiger partial charge < -0.3 is 10.2 Å². The number of nitrogens with zero attached hydrogens (tertiary/aromatic N) is 1. The van der Waals surface area contributed by atoms with Crippen LogP contribution in [0.3, 0.4) is 0 Å². The van der Waals surface area contributed by atoms with Gasteiger partial charge in [-0.25, -0.2) is 0 Å². The fourth-order valence-electron chi connectivity index (χ4n) is 3.28. The highest BCUT2D eigenvalue weighted by molar-refractivity contribution is 5.99. The lowest BCUT2D eigenvalue weighted by atomic mass is 10.0. The molecule has 0 bridgehead atoms. The Hall–Kier alpha value is -2.62. The third kappa shape index (κ3) is 1.91. The molecule has 2 heterocycles. The normalized spacial score (nSPS) is 15.8. The van der Waals surface area contributed by atoms with Crippen LogP contribution in [0.1, 0.15) is 43.0 Å². The minimum Gasteiger partial charge on any atom is -0.348 e. The third-order valence-corrected chi connectivity index (χ3v) is 4.45. The molecular weight excluding hydrogens is 276 g/mol. The molecule has 0 spiro atoms. The first-order valence-electron chi connectivity index (χ1n) is 7.41. The van der Waals surface area contributed by atoms with Gasteiger partial charge in [-0.3, -0.25) is 9.59 Å². The summed E-state index contributed by atoms with van der Waals surface area (Å²) in [4.78, 5) is 26.2. The minimum absolute atomic E-state index is 0.0245. The van der Waals surface area contributed by atoms with Crippen LogP contribution < -0.4 is 5.32 Å². The lowest BCUT2D eigenvalue weighted by Gasteiger charge is -2.17. The molecular formula is C18H16N2O2. The van der Waals surface area contributed by atoms with Gasteiger partial charge in [0.05, 0.1) is 0 Å². The molecule has 2 amide bonds. The van der Waals surface area contributed by atoms with E-state index in [1.165, 1.54) is 0 Å². The van der Waals surface area contributed by atoms with Gasteiger partial charge in [0.2, 0.25) is 0 Å². The van der Waals surface area contributed by atoms with E-state index in [4.69, 9.17) is 0 Å². The Kier molecular flexibility index (Phi) is 2.79. The fourth-order valence-corrected chi connectivity index (χ4v) is 3.28. The predicted molar refractivity (Wildman–Crippen MR) is 82.4 cm³/mol. The summed E-state index contributed by atoms with van der Waals surface area (Å²) < 4.78 is 0. The molecule has 2 aliphatic rings. The first-order valence-corrected chi connectivity index (χ1v) is 7.41. The molecule has 0 radical (unpaired) electrons. The Morgan fingerprint density at radius 3 is 2.86 bits per heavy atom. The van der Waals surface area contributed by atoms with Gasteiger partial charge in [-0.15, -0.1) is 0 Å². The molecule has 1 N–H and O–H groups in total. The highest BCUT2D eigenvalue weighted by Gasteiger charge is 2.29. The van der Waals surface area contributed by atoms with E-state index >= 15 is 0 Å². The van der Waals surface area contributed by atoms with Crippen LogP contribution in [0, 0.1) is 6.92 Å². The summed E-state index contributed by atoms with van der Waals surface area (Å²) in [6.45, 7) is 3.74. The van der Waals surface area contributed by atoms with Crippen molar-refractivity contribution in [2.45, 2.75) is 26.6 Å². The predicted octanol–water partition coefficient (Wildman–Crippen LogP) is 2.39. The van der Waals surface area contributed by atoms with E-state index in [2.05, 4.69) is 5.32 Å². The molecule has 4 nitrogen and oxygen atoms in total. The molecule has 0 saturated heterocycles. The van der Waals surface area contributed by atoms with E-state index in [9.17, 15) is 9.59 Å². The molecule has 0 aromatic heterocycles. The van der Waals surface area contributed by atoms with Crippen molar-refractivity contribution in [1.82, 2.24) is 10.2 Å². The lowest BCUT2D eigenvalue weighted by Crippen LogP contribution is -2.24. The van der Waals surface area contributed by atoms with E-state index in [0.717, 1.165) is 33.4 Å². The molecule has 2 aliphatic heterocycles. The molecule has 2 aromatic rings. The summed E-state index contributed by atoms with van der Waals surface area (Å²) in [5.41, 5.74) is 5.79. The van der Waals surface area contributed by atoms with Crippen LogP contribution in [0.5, 0.6) is 0 Å². The number of fused-ring (bicyclic) bond motifs is 2. The summed E-state index contributed by atoms with van der Waals surface area (Å²) in [6.07, 6.45) is 0. The maximum atomic E-state index is 12.6. The largest absolute Gasteiger partial charge is 0.348 e. The van der Waals surface area contributed by atoms with E-state index in [-0.39, 0.29) is 11.8 Å². The molecule has 0 aliphatic carbocycles. The maximum Gasteiger partial charge on any atom is 0.254 e. The van der Waals surface area contributed by atoms with E-state index in [0.29, 0.717) is 19.6 Å². The van der Waals surface area contributed by atoms with Gasteiger partial charge in [0.25, 0.3) is 11.8 Å². The highest BCUT2D eigenvalue weighted by Crippen LogP contribution is 2.27. The van der Waals surface area contributed by atoms with E-state index in [1.807, 2.05) is 48.2 Å². The average Bonchev–Trinajstić information content (AvgIpc) is 3.03. The number of hydrogen-bond acceptors (Lipinski definition) is 2. The Balaban J connectivity index is 1.64. The first-order chi connectivity index (χ1) is 10.6. The number of amides is 2. The van der Waals surface area contributed by atoms with Crippen molar-refractivity contribution < 1.29 is 9.59 Å². The highest BCUT2D eigenvalue weighted by atomic mass is 16.2. The molecule has 22 heavy (non-hydrogen) atoms. The second kappa shape index (κ2) is 4.70. The van der Waals surface area contributed by atoms with Gasteiger partial charge in [-0.05, 0) is 35.7 Å². The Labute approximate surface area is 128 Å². The topological polar surface area (TPSA) is 49.4 Å². The zero-order valence-corrected chi connectivity index (χ0v) is 12.3. The maximum absolute atomic E-state index is 12.6. The average molecular weight is 292 g/mol. The Morgan fingerprint density at radius 2 is 2.00 bits per heavy atom. The van der Waals surface area contributed by atoms with Crippen molar-refractivity contribution >= 4 is 11.8 Å². The third-order valence-electron chi connectivity index (χ3n) is 4.45. The molecule has 2 aromatic carbocycles. The Morgan fingerprint density at radius 1 is 1.14 bits per heavy atom. The molecule has 0 unspecified atom stereocenters.